The number of anilines is 1. The fourth-order valence-electron chi connectivity index (χ4n) is 1.36. The number of halogens is 1. The number of unbranched alkanes of at least 4 members (excludes halogenated alkanes) is 3. The van der Waals surface area contributed by atoms with Crippen molar-refractivity contribution in [1.29, 1.82) is 0 Å². The number of benzene rings is 1. The van der Waals surface area contributed by atoms with Gasteiger partial charge in [0.25, 0.3) is 0 Å². The number of hydrogen-bond acceptors (Lipinski definition) is 2. The third-order valence-electron chi connectivity index (χ3n) is 2.23. The minimum absolute atomic E-state index is 0.734. The van der Waals surface area contributed by atoms with Crippen molar-refractivity contribution in [3.05, 3.63) is 21.8 Å². The number of nitrogens with two attached hydrogens (primary N) is 1. The molecule has 3 heteroatoms. The summed E-state index contributed by atoms with van der Waals surface area (Å²) in [6, 6.07) is 5.89. The second-order valence-electron chi connectivity index (χ2n) is 3.59. The molecule has 2 nitrogen and oxygen atoms in total. The molecule has 84 valence electrons. The van der Waals surface area contributed by atoms with E-state index in [0.29, 0.717) is 0 Å². The molecule has 0 aliphatic rings. The van der Waals surface area contributed by atoms with Gasteiger partial charge in [0, 0.05) is 3.57 Å². The average Bonchev–Trinajstić information content (AvgIpc) is 2.20. The Bertz CT molecular complexity index is 302. The Hall–Kier alpha value is -0.450. The lowest BCUT2D eigenvalue weighted by Crippen LogP contribution is -2.00. The predicted molar refractivity (Wildman–Crippen MR) is 73.2 cm³/mol. The molecule has 0 atom stereocenters. The minimum atomic E-state index is 0.734. The SMILES string of the molecule is CCCCCCOc1ccc(I)cc1N. The fourth-order valence-corrected chi connectivity index (χ4v) is 1.88. The van der Waals surface area contributed by atoms with E-state index >= 15 is 0 Å². The van der Waals surface area contributed by atoms with Crippen LogP contribution in [-0.2, 0) is 0 Å². The second kappa shape index (κ2) is 6.93. The summed E-state index contributed by atoms with van der Waals surface area (Å²) < 4.78 is 6.75. The Balaban J connectivity index is 2.31. The monoisotopic (exact) mass is 319 g/mol. The molecule has 0 aliphatic heterocycles. The van der Waals surface area contributed by atoms with Crippen molar-refractivity contribution < 1.29 is 4.74 Å². The molecule has 0 bridgehead atoms. The molecule has 0 saturated heterocycles. The minimum Gasteiger partial charge on any atom is -0.491 e. The van der Waals surface area contributed by atoms with Crippen molar-refractivity contribution in [2.75, 3.05) is 12.3 Å². The topological polar surface area (TPSA) is 35.2 Å². The lowest BCUT2D eigenvalue weighted by Gasteiger charge is -2.08. The van der Waals surface area contributed by atoms with E-state index in [9.17, 15) is 0 Å². The molecular weight excluding hydrogens is 301 g/mol. The Kier molecular flexibility index (Phi) is 5.83. The molecule has 0 spiro atoms. The summed E-state index contributed by atoms with van der Waals surface area (Å²) in [6.45, 7) is 2.97. The quantitative estimate of drug-likeness (QED) is 0.491. The van der Waals surface area contributed by atoms with Gasteiger partial charge in [0.15, 0.2) is 0 Å². The molecule has 0 aromatic heterocycles. The van der Waals surface area contributed by atoms with Crippen LogP contribution in [0.1, 0.15) is 32.6 Å². The molecule has 0 heterocycles. The van der Waals surface area contributed by atoms with E-state index in [4.69, 9.17) is 10.5 Å². The van der Waals surface area contributed by atoms with Gasteiger partial charge in [0.1, 0.15) is 5.75 Å². The Morgan fingerprint density at radius 1 is 1.27 bits per heavy atom. The average molecular weight is 319 g/mol. The Morgan fingerprint density at radius 2 is 2.07 bits per heavy atom. The predicted octanol–water partition coefficient (Wildman–Crippen LogP) is 3.83. The zero-order valence-corrected chi connectivity index (χ0v) is 11.3. The molecule has 0 aliphatic carbocycles. The first-order valence-corrected chi connectivity index (χ1v) is 6.49. The summed E-state index contributed by atoms with van der Waals surface area (Å²) in [6.07, 6.45) is 4.89. The highest BCUT2D eigenvalue weighted by Gasteiger charge is 2.00. The van der Waals surface area contributed by atoms with Crippen molar-refractivity contribution in [3.63, 3.8) is 0 Å². The Morgan fingerprint density at radius 3 is 2.73 bits per heavy atom. The first kappa shape index (κ1) is 12.6. The first-order valence-electron chi connectivity index (χ1n) is 5.42. The van der Waals surface area contributed by atoms with Crippen LogP contribution in [0.5, 0.6) is 5.75 Å². The van der Waals surface area contributed by atoms with Crippen LogP contribution in [-0.4, -0.2) is 6.61 Å². The highest BCUT2D eigenvalue weighted by molar-refractivity contribution is 14.1. The third kappa shape index (κ3) is 4.73. The van der Waals surface area contributed by atoms with E-state index in [1.165, 1.54) is 19.3 Å². The van der Waals surface area contributed by atoms with Crippen LogP contribution in [0, 0.1) is 3.57 Å². The number of nitrogen functional groups attached to an aromatic ring is 1. The number of hydrogen-bond donors (Lipinski definition) is 1. The summed E-state index contributed by atoms with van der Waals surface area (Å²) in [5.41, 5.74) is 6.57. The molecule has 0 saturated carbocycles. The van der Waals surface area contributed by atoms with E-state index in [1.807, 2.05) is 18.2 Å². The van der Waals surface area contributed by atoms with Crippen LogP contribution in [0.2, 0.25) is 0 Å². The second-order valence-corrected chi connectivity index (χ2v) is 4.84. The zero-order valence-electron chi connectivity index (χ0n) is 9.13. The maximum Gasteiger partial charge on any atom is 0.142 e. The van der Waals surface area contributed by atoms with Crippen LogP contribution >= 0.6 is 22.6 Å². The first-order chi connectivity index (χ1) is 7.24. The summed E-state index contributed by atoms with van der Waals surface area (Å²) in [5, 5.41) is 0. The van der Waals surface area contributed by atoms with E-state index in [2.05, 4.69) is 29.5 Å². The molecule has 0 radical (unpaired) electrons. The molecular formula is C12H18INO. The maximum absolute atomic E-state index is 5.83. The van der Waals surface area contributed by atoms with Gasteiger partial charge in [-0.05, 0) is 47.2 Å². The number of ether oxygens (including phenoxy) is 1. The van der Waals surface area contributed by atoms with Gasteiger partial charge in [-0.25, -0.2) is 0 Å². The summed E-state index contributed by atoms with van der Waals surface area (Å²) in [7, 11) is 0. The smallest absolute Gasteiger partial charge is 0.142 e. The molecule has 0 fully saturated rings. The van der Waals surface area contributed by atoms with Crippen LogP contribution in [0.15, 0.2) is 18.2 Å². The van der Waals surface area contributed by atoms with E-state index in [-0.39, 0.29) is 0 Å². The number of rotatable bonds is 6. The highest BCUT2D eigenvalue weighted by Crippen LogP contribution is 2.23. The molecule has 0 unspecified atom stereocenters. The van der Waals surface area contributed by atoms with Gasteiger partial charge in [-0.2, -0.15) is 0 Å². The molecule has 1 aromatic carbocycles. The van der Waals surface area contributed by atoms with Crippen molar-refractivity contribution in [2.45, 2.75) is 32.6 Å². The van der Waals surface area contributed by atoms with Gasteiger partial charge in [-0.3, -0.25) is 0 Å². The van der Waals surface area contributed by atoms with Gasteiger partial charge in [-0.15, -0.1) is 0 Å². The standard InChI is InChI=1S/C12H18INO/c1-2-3-4-5-8-15-12-7-6-10(13)9-11(12)14/h6-7,9H,2-5,8,14H2,1H3. The normalized spacial score (nSPS) is 10.3. The van der Waals surface area contributed by atoms with Gasteiger partial charge in [-0.1, -0.05) is 26.2 Å². The molecule has 1 aromatic rings. The van der Waals surface area contributed by atoms with Crippen molar-refractivity contribution in [3.8, 4) is 5.75 Å². The summed E-state index contributed by atoms with van der Waals surface area (Å²) in [4.78, 5) is 0. The molecule has 2 N–H and O–H groups in total. The largest absolute Gasteiger partial charge is 0.491 e. The van der Waals surface area contributed by atoms with Crippen LogP contribution < -0.4 is 10.5 Å². The summed E-state index contributed by atoms with van der Waals surface area (Å²) in [5.74, 6) is 0.812. The van der Waals surface area contributed by atoms with E-state index in [0.717, 1.165) is 28.0 Å². The van der Waals surface area contributed by atoms with Crippen LogP contribution in [0.25, 0.3) is 0 Å². The van der Waals surface area contributed by atoms with Crippen molar-refractivity contribution >= 4 is 28.3 Å². The Labute approximate surface area is 105 Å². The molecule has 15 heavy (non-hydrogen) atoms. The summed E-state index contributed by atoms with van der Waals surface area (Å²) >= 11 is 2.24. The van der Waals surface area contributed by atoms with Gasteiger partial charge < -0.3 is 10.5 Å². The fraction of sp³-hybridized carbons (Fsp3) is 0.500. The van der Waals surface area contributed by atoms with Crippen molar-refractivity contribution in [1.82, 2.24) is 0 Å². The lowest BCUT2D eigenvalue weighted by molar-refractivity contribution is 0.306. The molecule has 0 amide bonds. The van der Waals surface area contributed by atoms with Gasteiger partial charge in [0.2, 0.25) is 0 Å². The third-order valence-corrected chi connectivity index (χ3v) is 2.90. The van der Waals surface area contributed by atoms with E-state index in [1.54, 1.807) is 0 Å². The molecule has 1 rings (SSSR count). The zero-order chi connectivity index (χ0) is 11.1. The van der Waals surface area contributed by atoms with Crippen LogP contribution in [0.3, 0.4) is 0 Å². The lowest BCUT2D eigenvalue weighted by atomic mass is 10.2. The van der Waals surface area contributed by atoms with Crippen LogP contribution in [0.4, 0.5) is 5.69 Å². The van der Waals surface area contributed by atoms with Gasteiger partial charge >= 0.3 is 0 Å². The van der Waals surface area contributed by atoms with E-state index < -0.39 is 0 Å². The maximum atomic E-state index is 5.83. The highest BCUT2D eigenvalue weighted by atomic mass is 127. The van der Waals surface area contributed by atoms with Crippen molar-refractivity contribution in [2.24, 2.45) is 0 Å². The van der Waals surface area contributed by atoms with Gasteiger partial charge in [0.05, 0.1) is 12.3 Å².